The molecule has 1 heteroatoms. The Morgan fingerprint density at radius 2 is 1.55 bits per heavy atom. The molecular formula is C19H23N. The Morgan fingerprint density at radius 1 is 0.900 bits per heavy atom. The minimum Gasteiger partial charge on any atom is -0.399 e. The molecule has 2 N–H and O–H groups in total. The highest BCUT2D eigenvalue weighted by Crippen LogP contribution is 2.25. The van der Waals surface area contributed by atoms with Crippen LogP contribution < -0.4 is 5.73 Å². The second kappa shape index (κ2) is 7.54. The SMILES string of the molecule is CCCCCC=C(c1ccccc1)c1ccc(N)cc1. The first kappa shape index (κ1) is 14.4. The average Bonchev–Trinajstić information content (AvgIpc) is 2.50. The Hall–Kier alpha value is -2.02. The van der Waals surface area contributed by atoms with Crippen LogP contribution in [-0.4, -0.2) is 0 Å². The summed E-state index contributed by atoms with van der Waals surface area (Å²) in [6.07, 6.45) is 7.29. The first-order chi connectivity index (χ1) is 9.81. The van der Waals surface area contributed by atoms with E-state index in [1.807, 2.05) is 12.1 Å². The number of hydrogen-bond acceptors (Lipinski definition) is 1. The summed E-state index contributed by atoms with van der Waals surface area (Å²) in [7, 11) is 0. The van der Waals surface area contributed by atoms with Crippen molar-refractivity contribution in [1.29, 1.82) is 0 Å². The summed E-state index contributed by atoms with van der Waals surface area (Å²) in [5.74, 6) is 0. The molecule has 0 fully saturated rings. The average molecular weight is 265 g/mol. The van der Waals surface area contributed by atoms with Gasteiger partial charge in [-0.05, 0) is 41.7 Å². The number of nitrogen functional groups attached to an aromatic ring is 1. The van der Waals surface area contributed by atoms with Crippen LogP contribution in [0.15, 0.2) is 60.7 Å². The van der Waals surface area contributed by atoms with Crippen LogP contribution in [-0.2, 0) is 0 Å². The van der Waals surface area contributed by atoms with Gasteiger partial charge in [-0.1, -0.05) is 68.3 Å². The minimum absolute atomic E-state index is 0.812. The third-order valence-corrected chi connectivity index (χ3v) is 3.46. The molecule has 0 heterocycles. The van der Waals surface area contributed by atoms with E-state index in [1.165, 1.54) is 36.0 Å². The van der Waals surface area contributed by atoms with Gasteiger partial charge < -0.3 is 5.73 Å². The van der Waals surface area contributed by atoms with Gasteiger partial charge in [0.2, 0.25) is 0 Å². The van der Waals surface area contributed by atoms with Crippen molar-refractivity contribution < 1.29 is 0 Å². The van der Waals surface area contributed by atoms with E-state index in [2.05, 4.69) is 55.5 Å². The molecule has 0 spiro atoms. The van der Waals surface area contributed by atoms with E-state index in [-0.39, 0.29) is 0 Å². The van der Waals surface area contributed by atoms with Gasteiger partial charge in [0, 0.05) is 5.69 Å². The summed E-state index contributed by atoms with van der Waals surface area (Å²) in [4.78, 5) is 0. The van der Waals surface area contributed by atoms with Crippen molar-refractivity contribution in [2.45, 2.75) is 32.6 Å². The number of unbranched alkanes of at least 4 members (excludes halogenated alkanes) is 3. The number of nitrogens with two attached hydrogens (primary N) is 1. The lowest BCUT2D eigenvalue weighted by atomic mass is 9.96. The Bertz CT molecular complexity index is 538. The van der Waals surface area contributed by atoms with Gasteiger partial charge in [0.25, 0.3) is 0 Å². The fourth-order valence-corrected chi connectivity index (χ4v) is 2.32. The van der Waals surface area contributed by atoms with Crippen molar-refractivity contribution in [2.24, 2.45) is 0 Å². The van der Waals surface area contributed by atoms with Crippen LogP contribution in [0.4, 0.5) is 5.69 Å². The van der Waals surface area contributed by atoms with Crippen molar-refractivity contribution in [3.05, 3.63) is 71.8 Å². The van der Waals surface area contributed by atoms with Crippen LogP contribution in [0.2, 0.25) is 0 Å². The molecule has 1 nitrogen and oxygen atoms in total. The molecule has 0 atom stereocenters. The van der Waals surface area contributed by atoms with Gasteiger partial charge in [0.1, 0.15) is 0 Å². The third kappa shape index (κ3) is 3.99. The first-order valence-corrected chi connectivity index (χ1v) is 7.42. The van der Waals surface area contributed by atoms with E-state index < -0.39 is 0 Å². The van der Waals surface area contributed by atoms with Crippen LogP contribution in [0.5, 0.6) is 0 Å². The molecule has 2 aromatic carbocycles. The first-order valence-electron chi connectivity index (χ1n) is 7.42. The van der Waals surface area contributed by atoms with Gasteiger partial charge in [0.15, 0.2) is 0 Å². The summed E-state index contributed by atoms with van der Waals surface area (Å²) >= 11 is 0. The zero-order chi connectivity index (χ0) is 14.2. The molecule has 104 valence electrons. The summed E-state index contributed by atoms with van der Waals surface area (Å²) in [6, 6.07) is 18.7. The molecule has 0 saturated heterocycles. The monoisotopic (exact) mass is 265 g/mol. The van der Waals surface area contributed by atoms with Crippen molar-refractivity contribution >= 4 is 11.3 Å². The molecule has 0 aliphatic rings. The van der Waals surface area contributed by atoms with Gasteiger partial charge in [-0.3, -0.25) is 0 Å². The highest BCUT2D eigenvalue weighted by molar-refractivity contribution is 5.80. The normalized spacial score (nSPS) is 11.6. The summed E-state index contributed by atoms with van der Waals surface area (Å²) in [5, 5.41) is 0. The highest BCUT2D eigenvalue weighted by atomic mass is 14.5. The van der Waals surface area contributed by atoms with Crippen molar-refractivity contribution in [2.75, 3.05) is 5.73 Å². The molecule has 0 bridgehead atoms. The van der Waals surface area contributed by atoms with Crippen LogP contribution >= 0.6 is 0 Å². The van der Waals surface area contributed by atoms with Gasteiger partial charge in [0.05, 0.1) is 0 Å². The van der Waals surface area contributed by atoms with Crippen molar-refractivity contribution in [1.82, 2.24) is 0 Å². The largest absolute Gasteiger partial charge is 0.399 e. The van der Waals surface area contributed by atoms with Gasteiger partial charge in [-0.25, -0.2) is 0 Å². The van der Waals surface area contributed by atoms with E-state index in [0.29, 0.717) is 0 Å². The molecule has 0 aliphatic heterocycles. The third-order valence-electron chi connectivity index (χ3n) is 3.46. The highest BCUT2D eigenvalue weighted by Gasteiger charge is 2.04. The maximum atomic E-state index is 5.79. The summed E-state index contributed by atoms with van der Waals surface area (Å²) in [5.41, 5.74) is 10.4. The lowest BCUT2D eigenvalue weighted by Crippen LogP contribution is -1.90. The van der Waals surface area contributed by atoms with Crippen molar-refractivity contribution in [3.63, 3.8) is 0 Å². The number of anilines is 1. The predicted octanol–water partition coefficient (Wildman–Crippen LogP) is 5.28. The second-order valence-electron chi connectivity index (χ2n) is 5.10. The lowest BCUT2D eigenvalue weighted by molar-refractivity contribution is 0.730. The molecule has 0 aliphatic carbocycles. The Labute approximate surface area is 122 Å². The number of allylic oxidation sites excluding steroid dienone is 1. The van der Waals surface area contributed by atoms with E-state index in [9.17, 15) is 0 Å². The van der Waals surface area contributed by atoms with E-state index in [4.69, 9.17) is 5.73 Å². The van der Waals surface area contributed by atoms with Crippen LogP contribution in [0, 0.1) is 0 Å². The van der Waals surface area contributed by atoms with Crippen LogP contribution in [0.1, 0.15) is 43.7 Å². The summed E-state index contributed by atoms with van der Waals surface area (Å²) < 4.78 is 0. The van der Waals surface area contributed by atoms with Gasteiger partial charge in [-0.2, -0.15) is 0 Å². The predicted molar refractivity (Wildman–Crippen MR) is 88.5 cm³/mol. The van der Waals surface area contributed by atoms with Crippen LogP contribution in [0.3, 0.4) is 0 Å². The fourth-order valence-electron chi connectivity index (χ4n) is 2.32. The fraction of sp³-hybridized carbons (Fsp3) is 0.263. The van der Waals surface area contributed by atoms with E-state index in [1.54, 1.807) is 0 Å². The molecule has 0 unspecified atom stereocenters. The number of rotatable bonds is 6. The maximum absolute atomic E-state index is 5.79. The summed E-state index contributed by atoms with van der Waals surface area (Å²) in [6.45, 7) is 2.24. The zero-order valence-electron chi connectivity index (χ0n) is 12.2. The van der Waals surface area contributed by atoms with E-state index >= 15 is 0 Å². The molecule has 0 aromatic heterocycles. The Kier molecular flexibility index (Phi) is 5.43. The molecule has 20 heavy (non-hydrogen) atoms. The molecule has 2 aromatic rings. The zero-order valence-corrected chi connectivity index (χ0v) is 12.2. The standard InChI is InChI=1S/C19H23N/c1-2-3-4-8-11-19(16-9-6-5-7-10-16)17-12-14-18(20)15-13-17/h5-7,9-15H,2-4,8,20H2,1H3. The van der Waals surface area contributed by atoms with Crippen LogP contribution in [0.25, 0.3) is 5.57 Å². The van der Waals surface area contributed by atoms with Crippen molar-refractivity contribution in [3.8, 4) is 0 Å². The van der Waals surface area contributed by atoms with E-state index in [0.717, 1.165) is 12.1 Å². The Balaban J connectivity index is 2.27. The Morgan fingerprint density at radius 3 is 2.20 bits per heavy atom. The molecule has 0 radical (unpaired) electrons. The quantitative estimate of drug-likeness (QED) is 0.558. The topological polar surface area (TPSA) is 26.0 Å². The van der Waals surface area contributed by atoms with Gasteiger partial charge >= 0.3 is 0 Å². The molecule has 0 saturated carbocycles. The smallest absolute Gasteiger partial charge is 0.0314 e. The number of benzene rings is 2. The number of hydrogen-bond donors (Lipinski definition) is 1. The van der Waals surface area contributed by atoms with Gasteiger partial charge in [-0.15, -0.1) is 0 Å². The molecule has 2 rings (SSSR count). The minimum atomic E-state index is 0.812. The maximum Gasteiger partial charge on any atom is 0.0314 e. The lowest BCUT2D eigenvalue weighted by Gasteiger charge is -2.09. The second-order valence-corrected chi connectivity index (χ2v) is 5.10. The molecule has 0 amide bonds. The molecular weight excluding hydrogens is 242 g/mol.